The molecule has 1 N–H and O–H groups in total. The number of hydrogen-bond donors (Lipinski definition) is 1. The lowest BCUT2D eigenvalue weighted by Gasteiger charge is -2.17. The van der Waals surface area contributed by atoms with Gasteiger partial charge in [0, 0.05) is 19.5 Å². The van der Waals surface area contributed by atoms with Gasteiger partial charge in [-0.2, -0.15) is 0 Å². The summed E-state index contributed by atoms with van der Waals surface area (Å²) < 4.78 is 56.8. The highest BCUT2D eigenvalue weighted by Gasteiger charge is 2.19. The van der Waals surface area contributed by atoms with Gasteiger partial charge in [0.25, 0.3) is 0 Å². The number of sulfone groups is 1. The third-order valence-electron chi connectivity index (χ3n) is 1.54. The lowest BCUT2D eigenvalue weighted by atomic mass is 10.6. The van der Waals surface area contributed by atoms with Crippen molar-refractivity contribution in [3.63, 3.8) is 0 Å². The molecule has 0 fully saturated rings. The Morgan fingerprint density at radius 2 is 1.53 bits per heavy atom. The van der Waals surface area contributed by atoms with Gasteiger partial charge in [0.2, 0.25) is 10.0 Å². The summed E-state index contributed by atoms with van der Waals surface area (Å²) in [6.45, 7) is 4.13. The van der Waals surface area contributed by atoms with E-state index in [0.29, 0.717) is 13.2 Å². The zero-order valence-electron chi connectivity index (χ0n) is 10.2. The minimum Gasteiger partial charge on any atom is -0.352 e. The lowest BCUT2D eigenvalue weighted by Crippen LogP contribution is -2.37. The van der Waals surface area contributed by atoms with Gasteiger partial charge < -0.3 is 9.47 Å². The molecule has 0 aromatic carbocycles. The molecule has 0 aliphatic heterocycles. The first-order valence-corrected chi connectivity index (χ1v) is 8.79. The van der Waals surface area contributed by atoms with Crippen molar-refractivity contribution in [3.8, 4) is 0 Å². The maximum absolute atomic E-state index is 11.4. The van der Waals surface area contributed by atoms with Crippen LogP contribution in [0.3, 0.4) is 0 Å². The number of nitrogens with one attached hydrogen (secondary N) is 1. The van der Waals surface area contributed by atoms with Crippen LogP contribution >= 0.6 is 0 Å². The third kappa shape index (κ3) is 9.48. The fraction of sp³-hybridized carbons (Fsp3) is 1.00. The lowest BCUT2D eigenvalue weighted by molar-refractivity contribution is -0.130. The molecule has 0 aromatic rings. The molecule has 0 heterocycles. The van der Waals surface area contributed by atoms with E-state index < -0.39 is 31.2 Å². The monoisotopic (exact) mass is 289 g/mol. The molecule has 104 valence electrons. The second kappa shape index (κ2) is 7.27. The van der Waals surface area contributed by atoms with Gasteiger partial charge in [0.15, 0.2) is 21.2 Å². The second-order valence-electron chi connectivity index (χ2n) is 3.35. The van der Waals surface area contributed by atoms with Crippen LogP contribution in [0.5, 0.6) is 0 Å². The zero-order valence-corrected chi connectivity index (χ0v) is 11.8. The molecule has 0 aromatic heterocycles. The summed E-state index contributed by atoms with van der Waals surface area (Å²) in [5, 5.41) is -0.940. The Morgan fingerprint density at radius 1 is 1.06 bits per heavy atom. The second-order valence-corrected chi connectivity index (χ2v) is 7.66. The zero-order chi connectivity index (χ0) is 13.5. The van der Waals surface area contributed by atoms with E-state index in [9.17, 15) is 16.8 Å². The summed E-state index contributed by atoms with van der Waals surface area (Å²) in [7, 11) is -7.46. The number of ether oxygens (including phenoxy) is 2. The first kappa shape index (κ1) is 16.8. The molecule has 17 heavy (non-hydrogen) atoms. The van der Waals surface area contributed by atoms with Gasteiger partial charge in [0.1, 0.15) is 0 Å². The highest BCUT2D eigenvalue weighted by atomic mass is 32.3. The Hall–Kier alpha value is -0.220. The van der Waals surface area contributed by atoms with Crippen molar-refractivity contribution in [2.24, 2.45) is 0 Å². The third-order valence-corrected chi connectivity index (χ3v) is 5.10. The van der Waals surface area contributed by atoms with Gasteiger partial charge in [-0.15, -0.1) is 0 Å². The van der Waals surface area contributed by atoms with E-state index in [0.717, 1.165) is 6.26 Å². The Bertz CT molecular complexity index is 396. The molecule has 0 spiro atoms. The van der Waals surface area contributed by atoms with Gasteiger partial charge in [-0.1, -0.05) is 0 Å². The molecule has 0 saturated heterocycles. The van der Waals surface area contributed by atoms with Crippen molar-refractivity contribution in [1.82, 2.24) is 4.72 Å². The smallest absolute Gasteiger partial charge is 0.226 e. The largest absolute Gasteiger partial charge is 0.352 e. The van der Waals surface area contributed by atoms with E-state index in [1.165, 1.54) is 0 Å². The summed E-state index contributed by atoms with van der Waals surface area (Å²) in [5.74, 6) is 0. The molecule has 0 saturated carbocycles. The van der Waals surface area contributed by atoms with Crippen molar-refractivity contribution >= 4 is 19.9 Å². The molecule has 0 atom stereocenters. The molecule has 0 aliphatic carbocycles. The van der Waals surface area contributed by atoms with Gasteiger partial charge in [0.05, 0.1) is 6.54 Å². The van der Waals surface area contributed by atoms with E-state index in [1.54, 1.807) is 13.8 Å². The molecule has 7 nitrogen and oxygen atoms in total. The first-order chi connectivity index (χ1) is 7.70. The van der Waals surface area contributed by atoms with Crippen LogP contribution in [-0.4, -0.2) is 54.2 Å². The molecular formula is C8H19NO6S2. The molecular weight excluding hydrogens is 270 g/mol. The predicted octanol–water partition coefficient (Wildman–Crippen LogP) is -0.693. The molecule has 0 bridgehead atoms. The topological polar surface area (TPSA) is 98.8 Å². The maximum Gasteiger partial charge on any atom is 0.226 e. The summed E-state index contributed by atoms with van der Waals surface area (Å²) in [5.41, 5.74) is 0. The van der Waals surface area contributed by atoms with E-state index in [2.05, 4.69) is 4.72 Å². The maximum atomic E-state index is 11.4. The average Bonchev–Trinajstić information content (AvgIpc) is 2.11. The summed E-state index contributed by atoms with van der Waals surface area (Å²) in [6.07, 6.45) is 0.147. The number of rotatable bonds is 9. The molecule has 0 amide bonds. The van der Waals surface area contributed by atoms with Crippen molar-refractivity contribution in [2.45, 2.75) is 20.1 Å². The van der Waals surface area contributed by atoms with Crippen LogP contribution in [0.25, 0.3) is 0 Å². The fourth-order valence-electron chi connectivity index (χ4n) is 1.06. The molecule has 0 rings (SSSR count). The molecule has 0 unspecified atom stereocenters. The Kier molecular flexibility index (Phi) is 7.17. The van der Waals surface area contributed by atoms with Gasteiger partial charge in [-0.05, 0) is 13.8 Å². The highest BCUT2D eigenvalue weighted by molar-refractivity contribution is 8.06. The fourth-order valence-corrected chi connectivity index (χ4v) is 4.03. The van der Waals surface area contributed by atoms with E-state index >= 15 is 0 Å². The van der Waals surface area contributed by atoms with Crippen LogP contribution in [0, 0.1) is 0 Å². The van der Waals surface area contributed by atoms with Crippen LogP contribution in [0.2, 0.25) is 0 Å². The van der Waals surface area contributed by atoms with Crippen molar-refractivity contribution < 1.29 is 26.3 Å². The van der Waals surface area contributed by atoms with Crippen LogP contribution in [-0.2, 0) is 29.3 Å². The Balaban J connectivity index is 4.32. The SMILES string of the molecule is CCOC(CNS(=O)(=O)CS(C)(=O)=O)OCC. The van der Waals surface area contributed by atoms with Crippen molar-refractivity contribution in [3.05, 3.63) is 0 Å². The standard InChI is InChI=1S/C8H19NO6S2/c1-4-14-8(15-5-2)6-9-17(12,13)7-16(3,10)11/h8-9H,4-7H2,1-3H3. The summed E-state index contributed by atoms with van der Waals surface area (Å²) in [6, 6.07) is 0. The quantitative estimate of drug-likeness (QED) is 0.564. The first-order valence-electron chi connectivity index (χ1n) is 5.08. The number of hydrogen-bond acceptors (Lipinski definition) is 6. The minimum atomic E-state index is -3.87. The Labute approximate surface area is 102 Å². The van der Waals surface area contributed by atoms with Crippen molar-refractivity contribution in [1.29, 1.82) is 0 Å². The summed E-state index contributed by atoms with van der Waals surface area (Å²) in [4.78, 5) is 0. The average molecular weight is 289 g/mol. The number of sulfonamides is 1. The van der Waals surface area contributed by atoms with Crippen LogP contribution in [0.15, 0.2) is 0 Å². The Morgan fingerprint density at radius 3 is 1.88 bits per heavy atom. The van der Waals surface area contributed by atoms with Crippen molar-refractivity contribution in [2.75, 3.05) is 31.1 Å². The van der Waals surface area contributed by atoms with Crippen LogP contribution < -0.4 is 4.72 Å². The van der Waals surface area contributed by atoms with E-state index in [-0.39, 0.29) is 6.54 Å². The summed E-state index contributed by atoms with van der Waals surface area (Å²) >= 11 is 0. The molecule has 9 heteroatoms. The van der Waals surface area contributed by atoms with Crippen LogP contribution in [0.4, 0.5) is 0 Å². The van der Waals surface area contributed by atoms with E-state index in [1.807, 2.05) is 0 Å². The van der Waals surface area contributed by atoms with Gasteiger partial charge in [-0.25, -0.2) is 21.6 Å². The molecule has 0 radical (unpaired) electrons. The van der Waals surface area contributed by atoms with Crippen LogP contribution in [0.1, 0.15) is 13.8 Å². The molecule has 0 aliphatic rings. The van der Waals surface area contributed by atoms with Gasteiger partial charge in [-0.3, -0.25) is 0 Å². The van der Waals surface area contributed by atoms with Gasteiger partial charge >= 0.3 is 0 Å². The van der Waals surface area contributed by atoms with E-state index in [4.69, 9.17) is 9.47 Å². The normalized spacial score (nSPS) is 13.2. The predicted molar refractivity (Wildman–Crippen MR) is 63.7 cm³/mol. The minimum absolute atomic E-state index is 0.112. The highest BCUT2D eigenvalue weighted by Crippen LogP contribution is 1.97.